The van der Waals surface area contributed by atoms with E-state index in [1.807, 2.05) is 0 Å². The van der Waals surface area contributed by atoms with E-state index in [2.05, 4.69) is 23.1 Å². The van der Waals surface area contributed by atoms with Gasteiger partial charge in [-0.1, -0.05) is 18.2 Å². The van der Waals surface area contributed by atoms with Crippen molar-refractivity contribution in [2.75, 3.05) is 19.6 Å². The van der Waals surface area contributed by atoms with Gasteiger partial charge in [0, 0.05) is 6.54 Å². The molecule has 1 atom stereocenters. The highest BCUT2D eigenvalue weighted by atomic mass is 16.3. The molecule has 18 heavy (non-hydrogen) atoms. The lowest BCUT2D eigenvalue weighted by Crippen LogP contribution is -2.25. The van der Waals surface area contributed by atoms with Crippen molar-refractivity contribution in [2.45, 2.75) is 44.6 Å². The molecule has 0 radical (unpaired) electrons. The van der Waals surface area contributed by atoms with Crippen LogP contribution in [0, 0.1) is 0 Å². The number of hydrogen-bond donors (Lipinski definition) is 1. The minimum absolute atomic E-state index is 0.310. The second-order valence-corrected chi connectivity index (χ2v) is 5.76. The smallest absolute Gasteiger partial charge is 0.0917 e. The summed E-state index contributed by atoms with van der Waals surface area (Å²) in [5.41, 5.74) is 4.08. The first-order chi connectivity index (χ1) is 8.83. The summed E-state index contributed by atoms with van der Waals surface area (Å²) in [5.74, 6) is 0. The van der Waals surface area contributed by atoms with Crippen LogP contribution in [0.25, 0.3) is 0 Å². The van der Waals surface area contributed by atoms with Gasteiger partial charge in [-0.15, -0.1) is 0 Å². The molecule has 1 aromatic carbocycles. The van der Waals surface area contributed by atoms with Gasteiger partial charge in [-0.05, 0) is 68.3 Å². The van der Waals surface area contributed by atoms with Gasteiger partial charge in [0.1, 0.15) is 0 Å². The lowest BCUT2D eigenvalue weighted by molar-refractivity contribution is 0.126. The van der Waals surface area contributed by atoms with Crippen LogP contribution in [0.4, 0.5) is 0 Å². The Labute approximate surface area is 110 Å². The summed E-state index contributed by atoms with van der Waals surface area (Å²) in [6.45, 7) is 3.11. The Hall–Kier alpha value is -0.860. The number of aryl methyl sites for hydroxylation is 2. The summed E-state index contributed by atoms with van der Waals surface area (Å²) in [7, 11) is 0. The van der Waals surface area contributed by atoms with Crippen LogP contribution < -0.4 is 0 Å². The third-order valence-electron chi connectivity index (χ3n) is 4.39. The average molecular weight is 245 g/mol. The van der Waals surface area contributed by atoms with Gasteiger partial charge in [0.25, 0.3) is 0 Å². The molecular weight excluding hydrogens is 222 g/mol. The largest absolute Gasteiger partial charge is 0.387 e. The molecule has 98 valence electrons. The highest BCUT2D eigenvalue weighted by molar-refractivity contribution is 5.34. The summed E-state index contributed by atoms with van der Waals surface area (Å²) < 4.78 is 0. The number of rotatable bonds is 3. The van der Waals surface area contributed by atoms with E-state index in [1.165, 1.54) is 49.7 Å². The average Bonchev–Trinajstić information content (AvgIpc) is 2.91. The first-order valence-corrected chi connectivity index (χ1v) is 7.35. The van der Waals surface area contributed by atoms with Crippen molar-refractivity contribution in [3.63, 3.8) is 0 Å². The zero-order valence-electron chi connectivity index (χ0n) is 11.1. The van der Waals surface area contributed by atoms with Crippen molar-refractivity contribution in [3.8, 4) is 0 Å². The first kappa shape index (κ1) is 12.2. The van der Waals surface area contributed by atoms with E-state index in [-0.39, 0.29) is 6.10 Å². The van der Waals surface area contributed by atoms with Crippen LogP contribution in [-0.2, 0) is 12.8 Å². The maximum absolute atomic E-state index is 10.3. The summed E-state index contributed by atoms with van der Waals surface area (Å²) in [5, 5.41) is 10.3. The predicted molar refractivity (Wildman–Crippen MR) is 73.7 cm³/mol. The lowest BCUT2D eigenvalue weighted by Gasteiger charge is -2.22. The summed E-state index contributed by atoms with van der Waals surface area (Å²) in [6.07, 6.45) is 7.31. The van der Waals surface area contributed by atoms with Crippen LogP contribution in [0.5, 0.6) is 0 Å². The Kier molecular flexibility index (Phi) is 3.67. The molecule has 0 saturated carbocycles. The predicted octanol–water partition coefficient (Wildman–Crippen LogP) is 2.69. The Balaban J connectivity index is 1.70. The number of nitrogens with zero attached hydrogens (tertiary/aromatic N) is 1. The zero-order valence-corrected chi connectivity index (χ0v) is 11.1. The summed E-state index contributed by atoms with van der Waals surface area (Å²) in [4.78, 5) is 2.38. The first-order valence-electron chi connectivity index (χ1n) is 7.35. The molecule has 1 N–H and O–H groups in total. The molecule has 3 rings (SSSR count). The number of aliphatic hydroxyl groups is 1. The van der Waals surface area contributed by atoms with Crippen molar-refractivity contribution in [1.82, 2.24) is 4.90 Å². The summed E-state index contributed by atoms with van der Waals surface area (Å²) in [6, 6.07) is 6.61. The third kappa shape index (κ3) is 2.60. The van der Waals surface area contributed by atoms with E-state index < -0.39 is 0 Å². The molecule has 2 nitrogen and oxygen atoms in total. The fourth-order valence-corrected chi connectivity index (χ4v) is 3.28. The van der Waals surface area contributed by atoms with Gasteiger partial charge >= 0.3 is 0 Å². The standard InChI is InChI=1S/C16H23NO/c18-16(12-17-9-3-4-10-17)15-8-7-13-5-1-2-6-14(13)11-15/h7-8,11,16,18H,1-6,9-10,12H2. The van der Waals surface area contributed by atoms with E-state index in [1.54, 1.807) is 0 Å². The van der Waals surface area contributed by atoms with Crippen LogP contribution in [0.15, 0.2) is 18.2 Å². The molecule has 1 aromatic rings. The van der Waals surface area contributed by atoms with Crippen molar-refractivity contribution in [1.29, 1.82) is 0 Å². The number of benzene rings is 1. The van der Waals surface area contributed by atoms with Gasteiger partial charge in [0.15, 0.2) is 0 Å². The molecule has 1 fully saturated rings. The number of β-amino-alcohol motifs (C(OH)–C–C–N with tert-alkyl or cyclic N) is 1. The van der Waals surface area contributed by atoms with Gasteiger partial charge in [0.2, 0.25) is 0 Å². The molecule has 1 aliphatic heterocycles. The van der Waals surface area contributed by atoms with Crippen LogP contribution >= 0.6 is 0 Å². The fourth-order valence-electron chi connectivity index (χ4n) is 3.28. The zero-order chi connectivity index (χ0) is 12.4. The van der Waals surface area contributed by atoms with E-state index in [4.69, 9.17) is 0 Å². The number of fused-ring (bicyclic) bond motifs is 1. The van der Waals surface area contributed by atoms with Gasteiger partial charge < -0.3 is 10.0 Å². The van der Waals surface area contributed by atoms with E-state index in [0.29, 0.717) is 0 Å². The van der Waals surface area contributed by atoms with Crippen LogP contribution in [0.1, 0.15) is 48.5 Å². The summed E-state index contributed by atoms with van der Waals surface area (Å²) >= 11 is 0. The molecule has 2 heteroatoms. The van der Waals surface area contributed by atoms with Crippen molar-refractivity contribution >= 4 is 0 Å². The maximum Gasteiger partial charge on any atom is 0.0917 e. The minimum Gasteiger partial charge on any atom is -0.387 e. The maximum atomic E-state index is 10.3. The molecule has 0 bridgehead atoms. The van der Waals surface area contributed by atoms with Crippen molar-refractivity contribution < 1.29 is 5.11 Å². The Morgan fingerprint density at radius 2 is 1.72 bits per heavy atom. The van der Waals surface area contributed by atoms with Gasteiger partial charge in [0.05, 0.1) is 6.10 Å². The Morgan fingerprint density at radius 1 is 1.00 bits per heavy atom. The van der Waals surface area contributed by atoms with E-state index >= 15 is 0 Å². The molecule has 0 aromatic heterocycles. The monoisotopic (exact) mass is 245 g/mol. The van der Waals surface area contributed by atoms with Crippen LogP contribution in [-0.4, -0.2) is 29.6 Å². The van der Waals surface area contributed by atoms with Crippen molar-refractivity contribution in [2.24, 2.45) is 0 Å². The molecule has 2 aliphatic rings. The molecule has 0 amide bonds. The SMILES string of the molecule is OC(CN1CCCC1)c1ccc2c(c1)CCCC2. The Bertz CT molecular complexity index is 410. The van der Waals surface area contributed by atoms with Crippen molar-refractivity contribution in [3.05, 3.63) is 34.9 Å². The molecule has 1 heterocycles. The minimum atomic E-state index is -0.310. The van der Waals surface area contributed by atoms with Gasteiger partial charge in [-0.2, -0.15) is 0 Å². The quantitative estimate of drug-likeness (QED) is 0.885. The van der Waals surface area contributed by atoms with Crippen LogP contribution in [0.2, 0.25) is 0 Å². The topological polar surface area (TPSA) is 23.5 Å². The molecular formula is C16H23NO. The fraction of sp³-hybridized carbons (Fsp3) is 0.625. The normalized spacial score (nSPS) is 21.8. The van der Waals surface area contributed by atoms with Crippen LogP contribution in [0.3, 0.4) is 0 Å². The molecule has 1 unspecified atom stereocenters. The lowest BCUT2D eigenvalue weighted by atomic mass is 9.89. The van der Waals surface area contributed by atoms with Gasteiger partial charge in [-0.25, -0.2) is 0 Å². The number of aliphatic hydroxyl groups excluding tert-OH is 1. The number of likely N-dealkylation sites (tertiary alicyclic amines) is 1. The second-order valence-electron chi connectivity index (χ2n) is 5.76. The van der Waals surface area contributed by atoms with E-state index in [0.717, 1.165) is 25.2 Å². The highest BCUT2D eigenvalue weighted by Crippen LogP contribution is 2.25. The number of hydrogen-bond acceptors (Lipinski definition) is 2. The Morgan fingerprint density at radius 3 is 2.50 bits per heavy atom. The third-order valence-corrected chi connectivity index (χ3v) is 4.39. The molecule has 0 spiro atoms. The molecule has 1 saturated heterocycles. The highest BCUT2D eigenvalue weighted by Gasteiger charge is 2.18. The van der Waals surface area contributed by atoms with Gasteiger partial charge in [-0.3, -0.25) is 0 Å². The van der Waals surface area contributed by atoms with E-state index in [9.17, 15) is 5.11 Å². The second kappa shape index (κ2) is 5.41. The molecule has 1 aliphatic carbocycles.